The van der Waals surface area contributed by atoms with E-state index in [1.807, 2.05) is 11.6 Å². The average Bonchev–Trinajstić information content (AvgIpc) is 3.41. The summed E-state index contributed by atoms with van der Waals surface area (Å²) in [5, 5.41) is 12.3. The molecule has 0 N–H and O–H groups in total. The molecule has 8 heteroatoms. The maximum absolute atomic E-state index is 5.58. The lowest BCUT2D eigenvalue weighted by molar-refractivity contribution is 0.139. The van der Waals surface area contributed by atoms with Crippen molar-refractivity contribution in [2.45, 2.75) is 32.0 Å². The van der Waals surface area contributed by atoms with Gasteiger partial charge >= 0.3 is 0 Å². The van der Waals surface area contributed by atoms with Gasteiger partial charge in [0.05, 0.1) is 6.54 Å². The number of hydrogen-bond acceptors (Lipinski definition) is 7. The van der Waals surface area contributed by atoms with Crippen molar-refractivity contribution in [3.05, 3.63) is 42.3 Å². The van der Waals surface area contributed by atoms with Crippen LogP contribution in [0.25, 0.3) is 11.4 Å². The highest BCUT2D eigenvalue weighted by molar-refractivity contribution is 5.60. The summed E-state index contributed by atoms with van der Waals surface area (Å²) >= 11 is 0. The van der Waals surface area contributed by atoms with E-state index in [-0.39, 0.29) is 6.04 Å². The monoisotopic (exact) mass is 351 g/mol. The lowest BCUT2D eigenvalue weighted by atomic mass is 10.2. The molecule has 0 saturated carbocycles. The van der Waals surface area contributed by atoms with Gasteiger partial charge in [0, 0.05) is 30.9 Å². The highest BCUT2D eigenvalue weighted by Crippen LogP contribution is 2.29. The van der Waals surface area contributed by atoms with E-state index < -0.39 is 0 Å². The SMILES string of the molecule is CN1Cc2nncn2CC1c1nc(-c2ccc(N3CCCC3)cc2)no1. The maximum Gasteiger partial charge on any atom is 0.246 e. The molecule has 0 radical (unpaired) electrons. The Morgan fingerprint density at radius 2 is 1.92 bits per heavy atom. The van der Waals surface area contributed by atoms with Gasteiger partial charge in [-0.3, -0.25) is 4.90 Å². The van der Waals surface area contributed by atoms with E-state index in [2.05, 4.69) is 54.4 Å². The Labute approximate surface area is 151 Å². The van der Waals surface area contributed by atoms with Crippen molar-refractivity contribution in [3.63, 3.8) is 0 Å². The molecule has 1 aromatic carbocycles. The summed E-state index contributed by atoms with van der Waals surface area (Å²) in [6.07, 6.45) is 4.31. The summed E-state index contributed by atoms with van der Waals surface area (Å²) in [4.78, 5) is 9.23. The summed E-state index contributed by atoms with van der Waals surface area (Å²) in [5.41, 5.74) is 2.24. The van der Waals surface area contributed by atoms with Crippen molar-refractivity contribution in [1.82, 2.24) is 29.8 Å². The zero-order valence-corrected chi connectivity index (χ0v) is 14.7. The molecule has 4 heterocycles. The van der Waals surface area contributed by atoms with Crippen LogP contribution in [0.15, 0.2) is 35.1 Å². The van der Waals surface area contributed by atoms with Gasteiger partial charge in [0.2, 0.25) is 11.7 Å². The molecule has 1 unspecified atom stereocenters. The van der Waals surface area contributed by atoms with Crippen LogP contribution in [-0.4, -0.2) is 49.9 Å². The predicted molar refractivity (Wildman–Crippen MR) is 95.4 cm³/mol. The van der Waals surface area contributed by atoms with E-state index in [0.717, 1.165) is 24.5 Å². The first-order chi connectivity index (χ1) is 12.8. The molecule has 1 atom stereocenters. The third-order valence-electron chi connectivity index (χ3n) is 5.31. The molecule has 0 aliphatic carbocycles. The molecule has 3 aromatic rings. The summed E-state index contributed by atoms with van der Waals surface area (Å²) in [6.45, 7) is 3.72. The van der Waals surface area contributed by atoms with Crippen LogP contribution in [0, 0.1) is 0 Å². The molecule has 0 amide bonds. The topological polar surface area (TPSA) is 76.1 Å². The fraction of sp³-hybridized carbons (Fsp3) is 0.444. The third kappa shape index (κ3) is 2.66. The van der Waals surface area contributed by atoms with Crippen LogP contribution in [0.4, 0.5) is 5.69 Å². The molecule has 2 aliphatic heterocycles. The van der Waals surface area contributed by atoms with E-state index in [1.165, 1.54) is 18.5 Å². The summed E-state index contributed by atoms with van der Waals surface area (Å²) < 4.78 is 7.62. The Bertz CT molecular complexity index is 894. The quantitative estimate of drug-likeness (QED) is 0.715. The first-order valence-electron chi connectivity index (χ1n) is 9.04. The van der Waals surface area contributed by atoms with Crippen molar-refractivity contribution in [2.24, 2.45) is 0 Å². The van der Waals surface area contributed by atoms with Gasteiger partial charge in [0.25, 0.3) is 0 Å². The fourth-order valence-electron chi connectivity index (χ4n) is 3.76. The van der Waals surface area contributed by atoms with Gasteiger partial charge in [-0.2, -0.15) is 4.98 Å². The van der Waals surface area contributed by atoms with Gasteiger partial charge < -0.3 is 14.0 Å². The van der Waals surface area contributed by atoms with Gasteiger partial charge in [-0.1, -0.05) is 5.16 Å². The van der Waals surface area contributed by atoms with E-state index in [9.17, 15) is 0 Å². The fourth-order valence-corrected chi connectivity index (χ4v) is 3.76. The Balaban J connectivity index is 1.37. The van der Waals surface area contributed by atoms with E-state index in [0.29, 0.717) is 24.8 Å². The van der Waals surface area contributed by atoms with Crippen molar-refractivity contribution < 1.29 is 4.52 Å². The number of rotatable bonds is 3. The van der Waals surface area contributed by atoms with Crippen molar-refractivity contribution in [1.29, 1.82) is 0 Å². The summed E-state index contributed by atoms with van der Waals surface area (Å²) in [5.74, 6) is 2.22. The number of hydrogen-bond donors (Lipinski definition) is 0. The second-order valence-electron chi connectivity index (χ2n) is 7.03. The molecule has 1 saturated heterocycles. The molecule has 134 valence electrons. The van der Waals surface area contributed by atoms with Crippen LogP contribution >= 0.6 is 0 Å². The standard InChI is InChI=1S/C18H21N7O/c1-23-11-16-21-19-12-25(16)10-15(23)18-20-17(22-26-18)13-4-6-14(7-5-13)24-8-2-3-9-24/h4-7,12,15H,2-3,8-11H2,1H3. The second kappa shape index (κ2) is 6.21. The summed E-state index contributed by atoms with van der Waals surface area (Å²) in [6, 6.07) is 8.47. The molecule has 2 aromatic heterocycles. The predicted octanol–water partition coefficient (Wildman–Crippen LogP) is 2.11. The molecular weight excluding hydrogens is 330 g/mol. The highest BCUT2D eigenvalue weighted by Gasteiger charge is 2.30. The summed E-state index contributed by atoms with van der Waals surface area (Å²) in [7, 11) is 2.04. The smallest absolute Gasteiger partial charge is 0.246 e. The van der Waals surface area contributed by atoms with Gasteiger partial charge in [0.1, 0.15) is 18.2 Å². The number of aromatic nitrogens is 5. The molecule has 26 heavy (non-hydrogen) atoms. The lowest BCUT2D eigenvalue weighted by Crippen LogP contribution is -2.34. The number of benzene rings is 1. The minimum Gasteiger partial charge on any atom is -0.372 e. The van der Waals surface area contributed by atoms with Gasteiger partial charge in [-0.25, -0.2) is 0 Å². The normalized spacial score (nSPS) is 20.5. The largest absolute Gasteiger partial charge is 0.372 e. The van der Waals surface area contributed by atoms with Gasteiger partial charge in [-0.15, -0.1) is 10.2 Å². The first-order valence-corrected chi connectivity index (χ1v) is 9.04. The zero-order chi connectivity index (χ0) is 17.5. The number of fused-ring (bicyclic) bond motifs is 1. The molecule has 0 bridgehead atoms. The Morgan fingerprint density at radius 3 is 2.73 bits per heavy atom. The molecule has 5 rings (SSSR count). The van der Waals surface area contributed by atoms with Gasteiger partial charge in [-0.05, 0) is 44.2 Å². The van der Waals surface area contributed by atoms with Crippen LogP contribution in [0.1, 0.15) is 30.6 Å². The highest BCUT2D eigenvalue weighted by atomic mass is 16.5. The van der Waals surface area contributed by atoms with Crippen molar-refractivity contribution in [3.8, 4) is 11.4 Å². The van der Waals surface area contributed by atoms with E-state index in [4.69, 9.17) is 4.52 Å². The second-order valence-corrected chi connectivity index (χ2v) is 7.03. The molecule has 0 spiro atoms. The molecule has 2 aliphatic rings. The minimum absolute atomic E-state index is 0.0311. The molecule has 8 nitrogen and oxygen atoms in total. The number of likely N-dealkylation sites (N-methyl/N-ethyl adjacent to an activating group) is 1. The van der Waals surface area contributed by atoms with Crippen LogP contribution in [0.2, 0.25) is 0 Å². The van der Waals surface area contributed by atoms with Crippen LogP contribution in [0.5, 0.6) is 0 Å². The van der Waals surface area contributed by atoms with Crippen LogP contribution in [0.3, 0.4) is 0 Å². The molecule has 1 fully saturated rings. The number of anilines is 1. The van der Waals surface area contributed by atoms with E-state index >= 15 is 0 Å². The first kappa shape index (κ1) is 15.5. The Hall–Kier alpha value is -2.74. The maximum atomic E-state index is 5.58. The Morgan fingerprint density at radius 1 is 1.12 bits per heavy atom. The third-order valence-corrected chi connectivity index (χ3v) is 5.31. The lowest BCUT2D eigenvalue weighted by Gasteiger charge is -2.29. The van der Waals surface area contributed by atoms with Gasteiger partial charge in [0.15, 0.2) is 0 Å². The minimum atomic E-state index is 0.0311. The zero-order valence-electron chi connectivity index (χ0n) is 14.7. The van der Waals surface area contributed by atoms with Crippen LogP contribution in [-0.2, 0) is 13.1 Å². The van der Waals surface area contributed by atoms with Crippen molar-refractivity contribution >= 4 is 5.69 Å². The van der Waals surface area contributed by atoms with Crippen LogP contribution < -0.4 is 4.90 Å². The Kier molecular flexibility index (Phi) is 3.70. The molecular formula is C18H21N7O. The van der Waals surface area contributed by atoms with E-state index in [1.54, 1.807) is 6.33 Å². The van der Waals surface area contributed by atoms with Crippen molar-refractivity contribution in [2.75, 3.05) is 25.0 Å². The average molecular weight is 351 g/mol. The number of nitrogens with zero attached hydrogens (tertiary/aromatic N) is 7.